The molecule has 20 heavy (non-hydrogen) atoms. The fourth-order valence-corrected chi connectivity index (χ4v) is 2.02. The van der Waals surface area contributed by atoms with Crippen LogP contribution in [0.25, 0.3) is 0 Å². The van der Waals surface area contributed by atoms with E-state index in [1.165, 1.54) is 17.7 Å². The van der Waals surface area contributed by atoms with Gasteiger partial charge in [0, 0.05) is 0 Å². The Bertz CT molecular complexity index is 575. The summed E-state index contributed by atoms with van der Waals surface area (Å²) < 4.78 is 12.8. The predicted octanol–water partition coefficient (Wildman–Crippen LogP) is 3.55. The number of nitrogens with one attached hydrogen (secondary N) is 1. The molecule has 1 atom stereocenters. The van der Waals surface area contributed by atoms with Crippen LogP contribution in [0.3, 0.4) is 0 Å². The van der Waals surface area contributed by atoms with Crippen molar-refractivity contribution in [3.8, 4) is 0 Å². The van der Waals surface area contributed by atoms with E-state index in [1.54, 1.807) is 12.1 Å². The van der Waals surface area contributed by atoms with Gasteiger partial charge in [0.15, 0.2) is 0 Å². The molecule has 1 unspecified atom stereocenters. The number of carbonyl (C=O) groups excluding carboxylic acids is 1. The summed E-state index contributed by atoms with van der Waals surface area (Å²) in [7, 11) is 0. The molecule has 3 heteroatoms. The van der Waals surface area contributed by atoms with Crippen LogP contribution in [-0.4, -0.2) is 5.91 Å². The first-order valence-corrected chi connectivity index (χ1v) is 6.65. The Hall–Kier alpha value is -2.16. The van der Waals surface area contributed by atoms with E-state index in [0.717, 1.165) is 11.1 Å². The van der Waals surface area contributed by atoms with Crippen LogP contribution in [0, 0.1) is 12.7 Å². The molecule has 0 heterocycles. The van der Waals surface area contributed by atoms with Gasteiger partial charge in [0.1, 0.15) is 5.82 Å². The van der Waals surface area contributed by atoms with Crippen molar-refractivity contribution in [3.63, 3.8) is 0 Å². The van der Waals surface area contributed by atoms with Crippen LogP contribution in [0.1, 0.15) is 29.7 Å². The molecule has 0 aliphatic rings. The molecule has 0 aliphatic carbocycles. The highest BCUT2D eigenvalue weighted by molar-refractivity contribution is 5.79. The van der Waals surface area contributed by atoms with Gasteiger partial charge in [-0.25, -0.2) is 4.39 Å². The highest BCUT2D eigenvalue weighted by Crippen LogP contribution is 2.13. The molecule has 0 saturated heterocycles. The van der Waals surface area contributed by atoms with Crippen molar-refractivity contribution in [1.29, 1.82) is 0 Å². The number of halogens is 1. The van der Waals surface area contributed by atoms with E-state index < -0.39 is 0 Å². The Labute approximate surface area is 118 Å². The summed E-state index contributed by atoms with van der Waals surface area (Å²) in [6.45, 7) is 3.98. The lowest BCUT2D eigenvalue weighted by Gasteiger charge is -2.14. The van der Waals surface area contributed by atoms with Crippen molar-refractivity contribution >= 4 is 5.91 Å². The van der Waals surface area contributed by atoms with Gasteiger partial charge in [-0.05, 0) is 37.1 Å². The standard InChI is InChI=1S/C17H18FNO/c1-12-3-7-15(8-4-12)13(2)19-17(20)11-14-5-9-16(18)10-6-14/h3-10,13H,11H2,1-2H3,(H,19,20). The second-order valence-corrected chi connectivity index (χ2v) is 5.00. The maximum atomic E-state index is 12.8. The summed E-state index contributed by atoms with van der Waals surface area (Å²) in [5.41, 5.74) is 3.07. The summed E-state index contributed by atoms with van der Waals surface area (Å²) in [5, 5.41) is 2.95. The minimum atomic E-state index is -0.290. The van der Waals surface area contributed by atoms with Crippen LogP contribution < -0.4 is 5.32 Å². The van der Waals surface area contributed by atoms with E-state index in [1.807, 2.05) is 38.1 Å². The van der Waals surface area contributed by atoms with E-state index in [4.69, 9.17) is 0 Å². The van der Waals surface area contributed by atoms with E-state index in [-0.39, 0.29) is 24.2 Å². The third-order valence-electron chi connectivity index (χ3n) is 3.23. The molecule has 0 spiro atoms. The molecule has 0 saturated carbocycles. The molecule has 2 aromatic carbocycles. The van der Waals surface area contributed by atoms with Gasteiger partial charge in [0.05, 0.1) is 12.5 Å². The molecule has 1 N–H and O–H groups in total. The Morgan fingerprint density at radius 1 is 1.10 bits per heavy atom. The number of amides is 1. The lowest BCUT2D eigenvalue weighted by Crippen LogP contribution is -2.28. The number of hydrogen-bond acceptors (Lipinski definition) is 1. The molecular formula is C17H18FNO. The van der Waals surface area contributed by atoms with Gasteiger partial charge in [-0.3, -0.25) is 4.79 Å². The van der Waals surface area contributed by atoms with E-state index in [9.17, 15) is 9.18 Å². The summed E-state index contributed by atoms with van der Waals surface area (Å²) in [4.78, 5) is 11.9. The number of hydrogen-bond donors (Lipinski definition) is 1. The van der Waals surface area contributed by atoms with Gasteiger partial charge in [0.25, 0.3) is 0 Å². The van der Waals surface area contributed by atoms with Crippen LogP contribution in [0.15, 0.2) is 48.5 Å². The van der Waals surface area contributed by atoms with E-state index >= 15 is 0 Å². The van der Waals surface area contributed by atoms with Crippen molar-refractivity contribution < 1.29 is 9.18 Å². The third-order valence-corrected chi connectivity index (χ3v) is 3.23. The zero-order chi connectivity index (χ0) is 14.5. The SMILES string of the molecule is Cc1ccc(C(C)NC(=O)Cc2ccc(F)cc2)cc1. The minimum absolute atomic E-state index is 0.0384. The number of rotatable bonds is 4. The van der Waals surface area contributed by atoms with Gasteiger partial charge in [-0.15, -0.1) is 0 Å². The lowest BCUT2D eigenvalue weighted by molar-refractivity contribution is -0.121. The first kappa shape index (κ1) is 14.3. The van der Waals surface area contributed by atoms with Crippen molar-refractivity contribution in [1.82, 2.24) is 5.32 Å². The molecule has 1 amide bonds. The molecule has 2 nitrogen and oxygen atoms in total. The van der Waals surface area contributed by atoms with Crippen molar-refractivity contribution in [3.05, 3.63) is 71.0 Å². The maximum Gasteiger partial charge on any atom is 0.224 e. The third kappa shape index (κ3) is 3.92. The molecule has 0 aromatic heterocycles. The minimum Gasteiger partial charge on any atom is -0.349 e. The van der Waals surface area contributed by atoms with Crippen molar-refractivity contribution in [2.75, 3.05) is 0 Å². The smallest absolute Gasteiger partial charge is 0.224 e. The molecule has 2 rings (SSSR count). The number of carbonyl (C=O) groups is 1. The maximum absolute atomic E-state index is 12.8. The van der Waals surface area contributed by atoms with E-state index in [0.29, 0.717) is 0 Å². The second-order valence-electron chi connectivity index (χ2n) is 5.00. The molecule has 0 bridgehead atoms. The molecule has 2 aromatic rings. The van der Waals surface area contributed by atoms with Crippen LogP contribution in [0.5, 0.6) is 0 Å². The molecular weight excluding hydrogens is 253 g/mol. The summed E-state index contributed by atoms with van der Waals surface area (Å²) in [6.07, 6.45) is 0.260. The first-order valence-electron chi connectivity index (χ1n) is 6.65. The van der Waals surface area contributed by atoms with Crippen LogP contribution in [0.4, 0.5) is 4.39 Å². The van der Waals surface area contributed by atoms with Gasteiger partial charge in [-0.2, -0.15) is 0 Å². The highest BCUT2D eigenvalue weighted by atomic mass is 19.1. The van der Waals surface area contributed by atoms with Crippen molar-refractivity contribution in [2.45, 2.75) is 26.3 Å². The van der Waals surface area contributed by atoms with Crippen molar-refractivity contribution in [2.24, 2.45) is 0 Å². The molecule has 104 valence electrons. The lowest BCUT2D eigenvalue weighted by atomic mass is 10.1. The molecule has 0 fully saturated rings. The average Bonchev–Trinajstić information content (AvgIpc) is 2.42. The first-order chi connectivity index (χ1) is 9.54. The zero-order valence-electron chi connectivity index (χ0n) is 11.7. The van der Waals surface area contributed by atoms with Crippen LogP contribution >= 0.6 is 0 Å². The topological polar surface area (TPSA) is 29.1 Å². The summed E-state index contributed by atoms with van der Waals surface area (Å²) in [6, 6.07) is 14.0. The van der Waals surface area contributed by atoms with Gasteiger partial charge < -0.3 is 5.32 Å². The zero-order valence-corrected chi connectivity index (χ0v) is 11.7. The number of benzene rings is 2. The average molecular weight is 271 g/mol. The Morgan fingerprint density at radius 3 is 2.30 bits per heavy atom. The quantitative estimate of drug-likeness (QED) is 0.905. The predicted molar refractivity (Wildman–Crippen MR) is 77.8 cm³/mol. The fourth-order valence-electron chi connectivity index (χ4n) is 2.02. The monoisotopic (exact) mass is 271 g/mol. The largest absolute Gasteiger partial charge is 0.349 e. The second kappa shape index (κ2) is 6.33. The van der Waals surface area contributed by atoms with Gasteiger partial charge >= 0.3 is 0 Å². The summed E-state index contributed by atoms with van der Waals surface area (Å²) >= 11 is 0. The van der Waals surface area contributed by atoms with Crippen LogP contribution in [0.2, 0.25) is 0 Å². The molecule has 0 aliphatic heterocycles. The Balaban J connectivity index is 1.93. The van der Waals surface area contributed by atoms with Crippen LogP contribution in [-0.2, 0) is 11.2 Å². The molecule has 0 radical (unpaired) electrons. The normalized spacial score (nSPS) is 11.9. The summed E-state index contributed by atoms with van der Waals surface area (Å²) in [5.74, 6) is -0.355. The highest BCUT2D eigenvalue weighted by Gasteiger charge is 2.10. The fraction of sp³-hybridized carbons (Fsp3) is 0.235. The number of aryl methyl sites for hydroxylation is 1. The van der Waals surface area contributed by atoms with E-state index in [2.05, 4.69) is 5.32 Å². The van der Waals surface area contributed by atoms with Gasteiger partial charge in [0.2, 0.25) is 5.91 Å². The van der Waals surface area contributed by atoms with Gasteiger partial charge in [-0.1, -0.05) is 42.0 Å². The Morgan fingerprint density at radius 2 is 1.70 bits per heavy atom. The Kier molecular flexibility index (Phi) is 4.51.